The van der Waals surface area contributed by atoms with Crippen LogP contribution in [0.5, 0.6) is 0 Å². The lowest BCUT2D eigenvalue weighted by molar-refractivity contribution is 0.664. The first-order valence-electron chi connectivity index (χ1n) is 7.14. The van der Waals surface area contributed by atoms with E-state index in [0.717, 1.165) is 19.0 Å². The van der Waals surface area contributed by atoms with Crippen LogP contribution in [0.3, 0.4) is 0 Å². The standard InChI is InChI=1S/C16H28N4S.HI/c1-16(2,21-6)12-19-15(17-3)18-11-13-8-7-9-14(10-13)20(4)5;/h7-10H,11-12H2,1-6H3,(H2,17,18,19);1H. The molecule has 1 aromatic rings. The fourth-order valence-corrected chi connectivity index (χ4v) is 1.94. The van der Waals surface area contributed by atoms with Gasteiger partial charge in [-0.1, -0.05) is 12.1 Å². The van der Waals surface area contributed by atoms with Crippen LogP contribution in [-0.4, -0.2) is 44.7 Å². The third kappa shape index (κ3) is 7.58. The number of thioether (sulfide) groups is 1. The molecule has 6 heteroatoms. The Morgan fingerprint density at radius 2 is 1.95 bits per heavy atom. The maximum atomic E-state index is 4.27. The van der Waals surface area contributed by atoms with Crippen LogP contribution in [-0.2, 0) is 6.54 Å². The molecule has 2 N–H and O–H groups in total. The van der Waals surface area contributed by atoms with E-state index in [9.17, 15) is 0 Å². The molecule has 0 heterocycles. The van der Waals surface area contributed by atoms with Gasteiger partial charge >= 0.3 is 0 Å². The van der Waals surface area contributed by atoms with E-state index in [2.05, 4.69) is 79.0 Å². The first-order chi connectivity index (χ1) is 9.88. The van der Waals surface area contributed by atoms with Crippen molar-refractivity contribution in [2.45, 2.75) is 25.1 Å². The number of guanidine groups is 1. The van der Waals surface area contributed by atoms with Gasteiger partial charge in [-0.2, -0.15) is 11.8 Å². The number of nitrogens with zero attached hydrogens (tertiary/aromatic N) is 2. The van der Waals surface area contributed by atoms with Gasteiger partial charge in [-0.3, -0.25) is 4.99 Å². The predicted molar refractivity (Wildman–Crippen MR) is 112 cm³/mol. The second-order valence-electron chi connectivity index (χ2n) is 5.81. The zero-order valence-electron chi connectivity index (χ0n) is 14.4. The second kappa shape index (κ2) is 10.2. The fourth-order valence-electron chi connectivity index (χ4n) is 1.72. The maximum absolute atomic E-state index is 4.27. The van der Waals surface area contributed by atoms with Gasteiger partial charge in [0.1, 0.15) is 0 Å². The minimum Gasteiger partial charge on any atom is -0.378 e. The van der Waals surface area contributed by atoms with Gasteiger partial charge in [-0.25, -0.2) is 0 Å². The molecule has 0 radical (unpaired) electrons. The van der Waals surface area contributed by atoms with Crippen molar-refractivity contribution in [3.63, 3.8) is 0 Å². The van der Waals surface area contributed by atoms with Crippen LogP contribution < -0.4 is 15.5 Å². The number of nitrogens with one attached hydrogen (secondary N) is 2. The molecule has 0 aliphatic carbocycles. The Bertz CT molecular complexity index is 475. The summed E-state index contributed by atoms with van der Waals surface area (Å²) in [6.45, 7) is 6.09. The number of benzene rings is 1. The summed E-state index contributed by atoms with van der Waals surface area (Å²) in [7, 11) is 5.91. The molecular weight excluding hydrogens is 407 g/mol. The summed E-state index contributed by atoms with van der Waals surface area (Å²) < 4.78 is 0.197. The predicted octanol–water partition coefficient (Wildman–Crippen LogP) is 3.18. The Kier molecular flexibility index (Phi) is 9.91. The Labute approximate surface area is 156 Å². The topological polar surface area (TPSA) is 39.7 Å². The molecule has 4 nitrogen and oxygen atoms in total. The monoisotopic (exact) mass is 436 g/mol. The normalized spacial score (nSPS) is 11.6. The summed E-state index contributed by atoms with van der Waals surface area (Å²) in [5.41, 5.74) is 2.45. The minimum atomic E-state index is 0. The summed E-state index contributed by atoms with van der Waals surface area (Å²) in [6.07, 6.45) is 2.13. The SMILES string of the molecule is CN=C(NCc1cccc(N(C)C)c1)NCC(C)(C)SC.I. The Hall–Kier alpha value is -0.630. The molecule has 0 spiro atoms. The lowest BCUT2D eigenvalue weighted by atomic mass is 10.2. The average molecular weight is 436 g/mol. The lowest BCUT2D eigenvalue weighted by Crippen LogP contribution is -2.43. The third-order valence-corrected chi connectivity index (χ3v) is 4.59. The summed E-state index contributed by atoms with van der Waals surface area (Å²) in [5, 5.41) is 6.74. The Morgan fingerprint density at radius 1 is 1.27 bits per heavy atom. The molecule has 0 aliphatic rings. The third-order valence-electron chi connectivity index (χ3n) is 3.34. The molecule has 0 saturated heterocycles. The highest BCUT2D eigenvalue weighted by atomic mass is 127. The molecule has 1 rings (SSSR count). The zero-order chi connectivity index (χ0) is 15.9. The van der Waals surface area contributed by atoms with E-state index in [1.807, 2.05) is 11.8 Å². The number of hydrogen-bond donors (Lipinski definition) is 2. The van der Waals surface area contributed by atoms with E-state index in [1.165, 1.54) is 11.3 Å². The fraction of sp³-hybridized carbons (Fsp3) is 0.562. The van der Waals surface area contributed by atoms with Crippen molar-refractivity contribution in [2.75, 3.05) is 38.8 Å². The van der Waals surface area contributed by atoms with Crippen LogP contribution in [0.4, 0.5) is 5.69 Å². The first kappa shape index (κ1) is 21.4. The van der Waals surface area contributed by atoms with Gasteiger partial charge in [0.25, 0.3) is 0 Å². The summed E-state index contributed by atoms with van der Waals surface area (Å²) in [5.74, 6) is 0.840. The van der Waals surface area contributed by atoms with Crippen molar-refractivity contribution in [1.82, 2.24) is 10.6 Å². The van der Waals surface area contributed by atoms with Crippen LogP contribution in [0.1, 0.15) is 19.4 Å². The van der Waals surface area contributed by atoms with Crippen LogP contribution in [0.15, 0.2) is 29.3 Å². The molecule has 126 valence electrons. The van der Waals surface area contributed by atoms with E-state index in [0.29, 0.717) is 0 Å². The molecule has 0 atom stereocenters. The molecule has 0 amide bonds. The maximum Gasteiger partial charge on any atom is 0.191 e. The largest absolute Gasteiger partial charge is 0.378 e. The Morgan fingerprint density at radius 3 is 2.50 bits per heavy atom. The van der Waals surface area contributed by atoms with Crippen molar-refractivity contribution in [1.29, 1.82) is 0 Å². The molecule has 0 unspecified atom stereocenters. The van der Waals surface area contributed by atoms with Crippen LogP contribution in [0.25, 0.3) is 0 Å². The first-order valence-corrected chi connectivity index (χ1v) is 8.36. The molecular formula is C16H29IN4S. The molecule has 0 fully saturated rings. The summed E-state index contributed by atoms with van der Waals surface area (Å²) in [4.78, 5) is 6.38. The van der Waals surface area contributed by atoms with E-state index < -0.39 is 0 Å². The summed E-state index contributed by atoms with van der Waals surface area (Å²) >= 11 is 1.85. The summed E-state index contributed by atoms with van der Waals surface area (Å²) in [6, 6.07) is 8.50. The number of rotatable bonds is 6. The van der Waals surface area contributed by atoms with E-state index in [-0.39, 0.29) is 28.7 Å². The smallest absolute Gasteiger partial charge is 0.191 e. The number of halogens is 1. The quantitative estimate of drug-likeness (QED) is 0.408. The highest BCUT2D eigenvalue weighted by Gasteiger charge is 2.15. The molecule has 22 heavy (non-hydrogen) atoms. The van der Waals surface area contributed by atoms with Crippen LogP contribution in [0.2, 0.25) is 0 Å². The molecule has 0 saturated carbocycles. The van der Waals surface area contributed by atoms with Gasteiger partial charge in [-0.05, 0) is 37.8 Å². The van der Waals surface area contributed by atoms with Crippen LogP contribution >= 0.6 is 35.7 Å². The second-order valence-corrected chi connectivity index (χ2v) is 7.32. The lowest BCUT2D eigenvalue weighted by Gasteiger charge is -2.23. The molecule has 0 aromatic heterocycles. The van der Waals surface area contributed by atoms with Gasteiger partial charge in [-0.15, -0.1) is 24.0 Å². The number of aliphatic imine (C=N–C) groups is 1. The molecule has 1 aromatic carbocycles. The van der Waals surface area contributed by atoms with Gasteiger partial charge in [0.15, 0.2) is 5.96 Å². The Balaban J connectivity index is 0.00000441. The van der Waals surface area contributed by atoms with Gasteiger partial charge < -0.3 is 15.5 Å². The van der Waals surface area contributed by atoms with E-state index in [1.54, 1.807) is 7.05 Å². The van der Waals surface area contributed by atoms with Gasteiger partial charge in [0.2, 0.25) is 0 Å². The van der Waals surface area contributed by atoms with E-state index in [4.69, 9.17) is 0 Å². The van der Waals surface area contributed by atoms with Crippen molar-refractivity contribution < 1.29 is 0 Å². The molecule has 0 bridgehead atoms. The number of anilines is 1. The highest BCUT2D eigenvalue weighted by Crippen LogP contribution is 2.19. The molecule has 0 aliphatic heterocycles. The number of hydrogen-bond acceptors (Lipinski definition) is 3. The van der Waals surface area contributed by atoms with Gasteiger partial charge in [0.05, 0.1) is 0 Å². The zero-order valence-corrected chi connectivity index (χ0v) is 17.6. The van der Waals surface area contributed by atoms with Crippen molar-refractivity contribution in [3.8, 4) is 0 Å². The van der Waals surface area contributed by atoms with Crippen LogP contribution in [0, 0.1) is 0 Å². The van der Waals surface area contributed by atoms with Crippen molar-refractivity contribution >= 4 is 47.4 Å². The van der Waals surface area contributed by atoms with Crippen molar-refractivity contribution in [3.05, 3.63) is 29.8 Å². The minimum absolute atomic E-state index is 0. The van der Waals surface area contributed by atoms with Crippen molar-refractivity contribution in [2.24, 2.45) is 4.99 Å². The van der Waals surface area contributed by atoms with E-state index >= 15 is 0 Å². The highest BCUT2D eigenvalue weighted by molar-refractivity contribution is 14.0. The average Bonchev–Trinajstić information content (AvgIpc) is 2.47. The van der Waals surface area contributed by atoms with Gasteiger partial charge in [0, 0.05) is 44.7 Å².